The van der Waals surface area contributed by atoms with E-state index in [0.717, 1.165) is 19.5 Å². The molecule has 3 heteroatoms. The van der Waals surface area contributed by atoms with E-state index in [0.29, 0.717) is 6.04 Å². The zero-order valence-electron chi connectivity index (χ0n) is 7.26. The molecule has 1 aliphatic heterocycles. The average molecular weight is 156 g/mol. The van der Waals surface area contributed by atoms with Gasteiger partial charge in [-0.05, 0) is 0 Å². The number of likely N-dealkylation sites (tertiary alicyclic amines) is 1. The lowest BCUT2D eigenvalue weighted by Gasteiger charge is -2.21. The summed E-state index contributed by atoms with van der Waals surface area (Å²) in [4.78, 5) is 14.0. The number of hydrogen-bond acceptors (Lipinski definition) is 1. The molecule has 3 nitrogen and oxygen atoms in total. The van der Waals surface area contributed by atoms with Crippen LogP contribution in [0.3, 0.4) is 0 Å². The Morgan fingerprint density at radius 3 is 2.73 bits per heavy atom. The van der Waals surface area contributed by atoms with Crippen LogP contribution in [0.25, 0.3) is 0 Å². The summed E-state index contributed by atoms with van der Waals surface area (Å²) in [7, 11) is 5.77. The molecule has 2 atom stereocenters. The normalized spacial score (nSPS) is 30.5. The Morgan fingerprint density at radius 1 is 1.73 bits per heavy atom. The maximum Gasteiger partial charge on any atom is 0.219 e. The van der Waals surface area contributed by atoms with Gasteiger partial charge < -0.3 is 9.80 Å². The molecule has 0 radical (unpaired) electrons. The van der Waals surface area contributed by atoms with Crippen molar-refractivity contribution >= 4 is 5.91 Å². The van der Waals surface area contributed by atoms with Crippen molar-refractivity contribution in [3.8, 4) is 0 Å². The highest BCUT2D eigenvalue weighted by Crippen LogP contribution is 2.02. The molecule has 1 fully saturated rings. The Hall–Kier alpha value is -0.570. The lowest BCUT2D eigenvalue weighted by Crippen LogP contribution is -3.05. The van der Waals surface area contributed by atoms with Crippen LogP contribution in [0.1, 0.15) is 13.3 Å². The molecule has 1 rings (SSSR count). The molecule has 0 aromatic heterocycles. The number of quaternary nitrogens is 1. The minimum absolute atomic E-state index is 0.157. The molecule has 0 bridgehead atoms. The van der Waals surface area contributed by atoms with Gasteiger partial charge in [-0.2, -0.15) is 7.05 Å². The second-order valence-electron chi connectivity index (χ2n) is 3.28. The summed E-state index contributed by atoms with van der Waals surface area (Å²) in [6, 6.07) is 0.417. The summed E-state index contributed by atoms with van der Waals surface area (Å²) in [6.45, 7) is 3.69. The van der Waals surface area contributed by atoms with Crippen LogP contribution < -0.4 is 4.90 Å². The van der Waals surface area contributed by atoms with Gasteiger partial charge in [0.25, 0.3) is 0 Å². The molecule has 0 aliphatic carbocycles. The molecule has 0 aromatic carbocycles. The first-order valence-electron chi connectivity index (χ1n) is 4.01. The molecule has 0 aromatic rings. The Morgan fingerprint density at radius 2 is 2.36 bits per heavy atom. The summed E-state index contributed by atoms with van der Waals surface area (Å²) in [5.41, 5.74) is 0. The fourth-order valence-corrected chi connectivity index (χ4v) is 1.50. The third-order valence-electron chi connectivity index (χ3n) is 2.40. The van der Waals surface area contributed by atoms with Gasteiger partial charge in [0.15, 0.2) is 0 Å². The fourth-order valence-electron chi connectivity index (χ4n) is 1.50. The van der Waals surface area contributed by atoms with E-state index in [1.807, 2.05) is 11.9 Å². The van der Waals surface area contributed by atoms with Crippen molar-refractivity contribution in [2.45, 2.75) is 19.4 Å². The van der Waals surface area contributed by atoms with Crippen molar-refractivity contribution < 1.29 is 9.69 Å². The Kier molecular flexibility index (Phi) is 2.49. The maximum absolute atomic E-state index is 10.9. The maximum atomic E-state index is 10.9. The number of hydrogen-bond donors (Lipinski definition) is 1. The van der Waals surface area contributed by atoms with Gasteiger partial charge in [0.05, 0.1) is 19.1 Å². The highest BCUT2D eigenvalue weighted by molar-refractivity contribution is 5.73. The Bertz CT molecular complexity index is 158. The zero-order valence-corrected chi connectivity index (χ0v) is 7.26. The first-order valence-corrected chi connectivity index (χ1v) is 4.01. The smallest absolute Gasteiger partial charge is 0.219 e. The Balaban J connectivity index is 2.43. The van der Waals surface area contributed by atoms with E-state index in [-0.39, 0.29) is 5.91 Å². The van der Waals surface area contributed by atoms with Crippen LogP contribution in [0.2, 0.25) is 0 Å². The van der Waals surface area contributed by atoms with Crippen LogP contribution in [0.15, 0.2) is 0 Å². The number of nitrogens with zero attached hydrogens (tertiary/aromatic N) is 1. The summed E-state index contributed by atoms with van der Waals surface area (Å²) >= 11 is 0. The van der Waals surface area contributed by atoms with Gasteiger partial charge in [0.1, 0.15) is 0 Å². The number of nitrogens with one attached hydrogen (secondary N) is 1. The van der Waals surface area contributed by atoms with Gasteiger partial charge >= 0.3 is 0 Å². The number of amides is 1. The lowest BCUT2D eigenvalue weighted by molar-refractivity contribution is -0.840. The second-order valence-corrected chi connectivity index (χ2v) is 3.28. The van der Waals surface area contributed by atoms with E-state index in [9.17, 15) is 4.79 Å². The molecule has 1 aliphatic rings. The molecule has 1 amide bonds. The predicted molar refractivity (Wildman–Crippen MR) is 42.9 cm³/mol. The summed E-state index contributed by atoms with van der Waals surface area (Å²) in [5, 5.41) is 0. The zero-order chi connectivity index (χ0) is 8.43. The standard InChI is InChI=1S/C8H16N2O/c1-7(11)10(3)8-4-5-9(2)6-8/h8-9H,2,4-6H2,1,3H3/t8-/m0/s1. The van der Waals surface area contributed by atoms with Crippen LogP contribution in [-0.4, -0.2) is 37.0 Å². The first-order chi connectivity index (χ1) is 5.11. The predicted octanol–water partition coefficient (Wildman–Crippen LogP) is -1.09. The lowest BCUT2D eigenvalue weighted by atomic mass is 10.2. The van der Waals surface area contributed by atoms with Gasteiger partial charge in [0, 0.05) is 20.4 Å². The molecule has 64 valence electrons. The van der Waals surface area contributed by atoms with Crippen molar-refractivity contribution in [1.29, 1.82) is 0 Å². The SMILES string of the molecule is [CH2-][NH+]1CC[C@H](N(C)C(C)=O)C1. The van der Waals surface area contributed by atoms with Crippen LogP contribution in [0.5, 0.6) is 0 Å². The van der Waals surface area contributed by atoms with E-state index in [1.54, 1.807) is 6.92 Å². The molecule has 0 spiro atoms. The van der Waals surface area contributed by atoms with Crippen molar-refractivity contribution in [3.05, 3.63) is 7.05 Å². The van der Waals surface area contributed by atoms with Crippen molar-refractivity contribution in [1.82, 2.24) is 4.90 Å². The first kappa shape index (κ1) is 8.53. The quantitative estimate of drug-likeness (QED) is 0.480. The summed E-state index contributed by atoms with van der Waals surface area (Å²) < 4.78 is 0. The molecule has 1 N–H and O–H groups in total. The van der Waals surface area contributed by atoms with Gasteiger partial charge in [-0.15, -0.1) is 0 Å². The van der Waals surface area contributed by atoms with E-state index in [2.05, 4.69) is 7.05 Å². The van der Waals surface area contributed by atoms with E-state index >= 15 is 0 Å². The highest BCUT2D eigenvalue weighted by Gasteiger charge is 2.25. The van der Waals surface area contributed by atoms with Gasteiger partial charge in [0.2, 0.25) is 5.91 Å². The van der Waals surface area contributed by atoms with Crippen molar-refractivity contribution in [3.63, 3.8) is 0 Å². The van der Waals surface area contributed by atoms with E-state index in [4.69, 9.17) is 0 Å². The monoisotopic (exact) mass is 156 g/mol. The molecular weight excluding hydrogens is 140 g/mol. The van der Waals surface area contributed by atoms with E-state index in [1.165, 1.54) is 4.90 Å². The molecule has 1 saturated heterocycles. The number of carbonyl (C=O) groups excluding carboxylic acids is 1. The molecular formula is C8H16N2O. The average Bonchev–Trinajstić information content (AvgIpc) is 2.34. The summed E-state index contributed by atoms with van der Waals surface area (Å²) in [6.07, 6.45) is 1.09. The van der Waals surface area contributed by atoms with Gasteiger partial charge in [-0.1, -0.05) is 0 Å². The van der Waals surface area contributed by atoms with Gasteiger partial charge in [-0.3, -0.25) is 4.79 Å². The van der Waals surface area contributed by atoms with E-state index < -0.39 is 0 Å². The van der Waals surface area contributed by atoms with Crippen LogP contribution in [0.4, 0.5) is 0 Å². The minimum Gasteiger partial charge on any atom is -0.466 e. The topological polar surface area (TPSA) is 24.8 Å². The third kappa shape index (κ3) is 1.93. The van der Waals surface area contributed by atoms with Gasteiger partial charge in [-0.25, -0.2) is 0 Å². The molecule has 1 unspecified atom stereocenters. The fraction of sp³-hybridized carbons (Fsp3) is 0.750. The molecule has 1 heterocycles. The third-order valence-corrected chi connectivity index (χ3v) is 2.40. The number of carbonyl (C=O) groups is 1. The van der Waals surface area contributed by atoms with Crippen molar-refractivity contribution in [2.24, 2.45) is 0 Å². The van der Waals surface area contributed by atoms with Crippen molar-refractivity contribution in [2.75, 3.05) is 20.1 Å². The van der Waals surface area contributed by atoms with Crippen LogP contribution >= 0.6 is 0 Å². The second kappa shape index (κ2) is 3.22. The number of rotatable bonds is 1. The Labute approximate surface area is 68.0 Å². The number of likely N-dealkylation sites (N-methyl/N-ethyl adjacent to an activating group) is 1. The molecule has 11 heavy (non-hydrogen) atoms. The molecule has 0 saturated carbocycles. The van der Waals surface area contributed by atoms with Crippen LogP contribution in [-0.2, 0) is 4.79 Å². The highest BCUT2D eigenvalue weighted by atomic mass is 16.2. The largest absolute Gasteiger partial charge is 0.466 e. The summed E-state index contributed by atoms with van der Waals surface area (Å²) in [5.74, 6) is 0.157. The van der Waals surface area contributed by atoms with Crippen LogP contribution in [0, 0.1) is 7.05 Å². The minimum atomic E-state index is 0.157.